The van der Waals surface area contributed by atoms with Crippen molar-refractivity contribution in [3.8, 4) is 0 Å². The molecule has 0 aliphatic heterocycles. The van der Waals surface area contributed by atoms with Crippen LogP contribution >= 0.6 is 0 Å². The molecule has 4 nitrogen and oxygen atoms in total. The molecule has 29 heavy (non-hydrogen) atoms. The molecule has 0 spiro atoms. The second-order valence-electron chi connectivity index (χ2n) is 8.87. The first kappa shape index (κ1) is 28.4. The fourth-order valence-corrected chi connectivity index (χ4v) is 4.22. The van der Waals surface area contributed by atoms with Gasteiger partial charge in [0, 0.05) is 6.42 Å². The summed E-state index contributed by atoms with van der Waals surface area (Å²) in [6.07, 6.45) is 21.8. The van der Waals surface area contributed by atoms with E-state index in [4.69, 9.17) is 0 Å². The summed E-state index contributed by atoms with van der Waals surface area (Å²) in [5, 5.41) is 9.32. The molecule has 1 atom stereocenters. The lowest BCUT2D eigenvalue weighted by molar-refractivity contribution is -0.960. The van der Waals surface area contributed by atoms with Crippen molar-refractivity contribution in [3.05, 3.63) is 0 Å². The summed E-state index contributed by atoms with van der Waals surface area (Å²) in [6.45, 7) is 8.93. The molecule has 174 valence electrons. The summed E-state index contributed by atoms with van der Waals surface area (Å²) < 4.78 is 0.518. The zero-order valence-electron chi connectivity index (χ0n) is 20.2. The Balaban J connectivity index is 3.52. The van der Waals surface area contributed by atoms with E-state index in [9.17, 15) is 9.90 Å². The van der Waals surface area contributed by atoms with Crippen molar-refractivity contribution in [2.75, 3.05) is 26.2 Å². The minimum atomic E-state index is 0.118. The van der Waals surface area contributed by atoms with Gasteiger partial charge in [0.05, 0.1) is 13.2 Å². The third-order valence-electron chi connectivity index (χ3n) is 6.15. The van der Waals surface area contributed by atoms with Gasteiger partial charge in [-0.15, -0.1) is 0 Å². The van der Waals surface area contributed by atoms with E-state index in [1.54, 1.807) is 0 Å². The number of aliphatic hydroxyl groups excluding tert-OH is 1. The lowest BCUT2D eigenvalue weighted by atomic mass is 10.0. The van der Waals surface area contributed by atoms with Crippen LogP contribution in [0, 0.1) is 0 Å². The maximum Gasteiger partial charge on any atom is 0.264 e. The molecule has 1 unspecified atom stereocenters. The van der Waals surface area contributed by atoms with E-state index in [0.717, 1.165) is 32.4 Å². The van der Waals surface area contributed by atoms with Crippen molar-refractivity contribution in [1.82, 2.24) is 5.43 Å². The number of hydrogen-bond acceptors (Lipinski definition) is 2. The van der Waals surface area contributed by atoms with Gasteiger partial charge in [-0.1, -0.05) is 104 Å². The van der Waals surface area contributed by atoms with Gasteiger partial charge in [0.1, 0.15) is 13.1 Å². The average Bonchev–Trinajstić information content (AvgIpc) is 2.71. The van der Waals surface area contributed by atoms with E-state index in [2.05, 4.69) is 26.2 Å². The van der Waals surface area contributed by atoms with Gasteiger partial charge in [0.15, 0.2) is 0 Å². The number of hydrogen-bond donors (Lipinski definition) is 2. The van der Waals surface area contributed by atoms with Crippen molar-refractivity contribution >= 4 is 5.91 Å². The van der Waals surface area contributed by atoms with Crippen LogP contribution in [0.15, 0.2) is 0 Å². The van der Waals surface area contributed by atoms with Crippen LogP contribution in [-0.4, -0.2) is 41.8 Å². The second-order valence-corrected chi connectivity index (χ2v) is 8.87. The molecule has 0 bridgehead atoms. The summed E-state index contributed by atoms with van der Waals surface area (Å²) in [5.74, 6) is 0.142. The summed E-state index contributed by atoms with van der Waals surface area (Å²) >= 11 is 0. The summed E-state index contributed by atoms with van der Waals surface area (Å²) in [6, 6.07) is 0. The first-order valence-corrected chi connectivity index (χ1v) is 12.9. The van der Waals surface area contributed by atoms with Crippen molar-refractivity contribution < 1.29 is 14.5 Å². The molecule has 2 N–H and O–H groups in total. The van der Waals surface area contributed by atoms with Gasteiger partial charge < -0.3 is 5.11 Å². The Morgan fingerprint density at radius 1 is 0.655 bits per heavy atom. The zero-order chi connectivity index (χ0) is 21.6. The second kappa shape index (κ2) is 20.7. The van der Waals surface area contributed by atoms with Gasteiger partial charge in [-0.05, 0) is 19.8 Å². The maximum atomic E-state index is 12.3. The van der Waals surface area contributed by atoms with E-state index in [0.29, 0.717) is 17.6 Å². The van der Waals surface area contributed by atoms with Crippen LogP contribution in [0.3, 0.4) is 0 Å². The number of amides is 1. The molecule has 0 aliphatic carbocycles. The Bertz CT molecular complexity index is 355. The van der Waals surface area contributed by atoms with Crippen molar-refractivity contribution in [2.45, 2.75) is 130 Å². The minimum Gasteiger partial charge on any atom is -0.390 e. The van der Waals surface area contributed by atoms with Crippen molar-refractivity contribution in [2.24, 2.45) is 0 Å². The Hall–Kier alpha value is -0.610. The number of likely N-dealkylation sites (N-methyl/N-ethyl adjacent to an activating group) is 1. The van der Waals surface area contributed by atoms with Gasteiger partial charge in [-0.3, -0.25) is 4.79 Å². The molecular formula is C25H53N2O2+. The molecule has 0 saturated carbocycles. The molecule has 0 aromatic carbocycles. The van der Waals surface area contributed by atoms with E-state index in [1.807, 2.05) is 0 Å². The maximum absolute atomic E-state index is 12.3. The third kappa shape index (κ3) is 16.8. The molecule has 0 saturated heterocycles. The predicted octanol–water partition coefficient (Wildman–Crippen LogP) is 6.52. The van der Waals surface area contributed by atoms with Crippen LogP contribution in [0.25, 0.3) is 0 Å². The largest absolute Gasteiger partial charge is 0.390 e. The highest BCUT2D eigenvalue weighted by atomic mass is 16.3. The van der Waals surface area contributed by atoms with Crippen molar-refractivity contribution in [3.63, 3.8) is 0 Å². The first-order chi connectivity index (χ1) is 14.1. The molecule has 1 amide bonds. The number of carbonyl (C=O) groups excluding carboxylic acids is 1. The number of nitrogens with one attached hydrogen (secondary N) is 1. The standard InChI is InChI=1S/C25H52N2O2/c1-4-7-8-9-10-11-12-13-14-15-16-17-18-19-20-21-25(29)26-27(6-3,22-5-2)23-24-28/h28H,4-24H2,1-3H3/p+1. The van der Waals surface area contributed by atoms with Crippen LogP contribution in [0.5, 0.6) is 0 Å². The van der Waals surface area contributed by atoms with Crippen LogP contribution in [0.4, 0.5) is 0 Å². The molecule has 0 aromatic rings. The highest BCUT2D eigenvalue weighted by Gasteiger charge is 2.26. The van der Waals surface area contributed by atoms with Gasteiger partial charge in [-0.25, -0.2) is 10.0 Å². The van der Waals surface area contributed by atoms with Gasteiger partial charge in [0.2, 0.25) is 0 Å². The number of rotatable bonds is 22. The van der Waals surface area contributed by atoms with E-state index in [-0.39, 0.29) is 12.5 Å². The summed E-state index contributed by atoms with van der Waals surface area (Å²) in [4.78, 5) is 12.3. The van der Waals surface area contributed by atoms with E-state index < -0.39 is 0 Å². The fourth-order valence-electron chi connectivity index (χ4n) is 4.22. The number of aliphatic hydroxyl groups is 1. The highest BCUT2D eigenvalue weighted by molar-refractivity contribution is 5.74. The normalized spacial score (nSPS) is 13.4. The molecule has 0 rings (SSSR count). The smallest absolute Gasteiger partial charge is 0.264 e. The number of unbranched alkanes of at least 4 members (excludes halogenated alkanes) is 14. The molecule has 0 aromatic heterocycles. The molecule has 0 radical (unpaired) electrons. The van der Waals surface area contributed by atoms with E-state index >= 15 is 0 Å². The topological polar surface area (TPSA) is 49.3 Å². The quantitative estimate of drug-likeness (QED) is 0.121. The van der Waals surface area contributed by atoms with Crippen LogP contribution in [-0.2, 0) is 4.79 Å². The Morgan fingerprint density at radius 2 is 1.10 bits per heavy atom. The summed E-state index contributed by atoms with van der Waals surface area (Å²) in [5.41, 5.74) is 3.17. The Morgan fingerprint density at radius 3 is 1.48 bits per heavy atom. The molecule has 0 heterocycles. The highest BCUT2D eigenvalue weighted by Crippen LogP contribution is 2.14. The lowest BCUT2D eigenvalue weighted by Gasteiger charge is -2.36. The van der Waals surface area contributed by atoms with E-state index in [1.165, 1.54) is 83.5 Å². The van der Waals surface area contributed by atoms with Crippen LogP contribution in [0.1, 0.15) is 130 Å². The van der Waals surface area contributed by atoms with Crippen LogP contribution in [0.2, 0.25) is 0 Å². The Labute approximate surface area is 182 Å². The molecular weight excluding hydrogens is 360 g/mol. The van der Waals surface area contributed by atoms with Crippen molar-refractivity contribution in [1.29, 1.82) is 0 Å². The zero-order valence-corrected chi connectivity index (χ0v) is 20.2. The van der Waals surface area contributed by atoms with Gasteiger partial charge in [0.25, 0.3) is 5.91 Å². The van der Waals surface area contributed by atoms with Gasteiger partial charge in [-0.2, -0.15) is 0 Å². The summed E-state index contributed by atoms with van der Waals surface area (Å²) in [7, 11) is 0. The average molecular weight is 414 g/mol. The number of carbonyl (C=O) groups is 1. The number of quaternary nitrogens is 1. The first-order valence-electron chi connectivity index (χ1n) is 12.9. The fraction of sp³-hybridized carbons (Fsp3) is 0.960. The molecule has 4 heteroatoms. The van der Waals surface area contributed by atoms with Crippen LogP contribution < -0.4 is 5.43 Å². The lowest BCUT2D eigenvalue weighted by Crippen LogP contribution is -2.61. The number of nitrogens with zero attached hydrogens (tertiary/aromatic N) is 1. The van der Waals surface area contributed by atoms with Gasteiger partial charge >= 0.3 is 0 Å². The SMILES string of the molecule is CCCCCCCCCCCCCCCCCC(=O)N[N+](CC)(CCC)CCO. The molecule has 0 aliphatic rings. The molecule has 0 fully saturated rings. The third-order valence-corrected chi connectivity index (χ3v) is 6.15. The monoisotopic (exact) mass is 413 g/mol. The minimum absolute atomic E-state index is 0.118. The predicted molar refractivity (Wildman–Crippen MR) is 126 cm³/mol. The Kier molecular flexibility index (Phi) is 20.2.